The lowest BCUT2D eigenvalue weighted by Crippen LogP contribution is -2.53. The molecule has 0 aromatic heterocycles. The molecule has 1 N–H and O–H groups in total. The van der Waals surface area contributed by atoms with Crippen LogP contribution in [0.15, 0.2) is 0 Å². The first-order valence-corrected chi connectivity index (χ1v) is 8.57. The Labute approximate surface area is 139 Å². The molecule has 0 spiro atoms. The molecule has 2 heterocycles. The molecule has 0 bridgehead atoms. The van der Waals surface area contributed by atoms with Crippen LogP contribution in [0.2, 0.25) is 0 Å². The Morgan fingerprint density at radius 1 is 1.39 bits per heavy atom. The standard InChI is InChI=1S/C17H32N2O4/c1-13(18-10-17(5)11-22-12-17)8-14-9-21-7-6-19(14)15(20)23-16(2,3)4/h13-14,18H,6-12H2,1-5H3. The Bertz CT molecular complexity index is 404. The molecule has 23 heavy (non-hydrogen) atoms. The zero-order chi connectivity index (χ0) is 17.1. The lowest BCUT2D eigenvalue weighted by atomic mass is 9.88. The first kappa shape index (κ1) is 18.5. The van der Waals surface area contributed by atoms with Crippen molar-refractivity contribution in [3.05, 3.63) is 0 Å². The van der Waals surface area contributed by atoms with Crippen molar-refractivity contribution in [2.45, 2.75) is 58.7 Å². The van der Waals surface area contributed by atoms with E-state index in [-0.39, 0.29) is 17.6 Å². The minimum absolute atomic E-state index is 0.0616. The lowest BCUT2D eigenvalue weighted by Gasteiger charge is -2.40. The van der Waals surface area contributed by atoms with Gasteiger partial charge in [0.1, 0.15) is 5.60 Å². The van der Waals surface area contributed by atoms with Crippen molar-refractivity contribution in [1.82, 2.24) is 10.2 Å². The van der Waals surface area contributed by atoms with Crippen molar-refractivity contribution in [1.29, 1.82) is 0 Å². The van der Waals surface area contributed by atoms with Crippen LogP contribution in [0.1, 0.15) is 41.0 Å². The fourth-order valence-corrected chi connectivity index (χ4v) is 2.88. The van der Waals surface area contributed by atoms with Crippen LogP contribution in [0, 0.1) is 5.41 Å². The molecule has 1 amide bonds. The van der Waals surface area contributed by atoms with Gasteiger partial charge in [-0.25, -0.2) is 4.79 Å². The second-order valence-corrected chi connectivity index (χ2v) is 8.22. The van der Waals surface area contributed by atoms with Crippen molar-refractivity contribution in [3.8, 4) is 0 Å². The molecule has 0 aliphatic carbocycles. The van der Waals surface area contributed by atoms with Gasteiger partial charge in [-0.05, 0) is 34.1 Å². The second-order valence-electron chi connectivity index (χ2n) is 8.22. The fraction of sp³-hybridized carbons (Fsp3) is 0.941. The summed E-state index contributed by atoms with van der Waals surface area (Å²) in [7, 11) is 0. The summed E-state index contributed by atoms with van der Waals surface area (Å²) in [6.07, 6.45) is 0.619. The number of morpholine rings is 1. The van der Waals surface area contributed by atoms with Crippen LogP contribution in [-0.4, -0.2) is 68.2 Å². The molecule has 2 aliphatic heterocycles. The monoisotopic (exact) mass is 328 g/mol. The average molecular weight is 328 g/mol. The van der Waals surface area contributed by atoms with E-state index in [4.69, 9.17) is 14.2 Å². The molecule has 2 saturated heterocycles. The SMILES string of the molecule is CC(CC1COCCN1C(=O)OC(C)(C)C)NCC1(C)COC1. The van der Waals surface area contributed by atoms with Crippen molar-refractivity contribution in [3.63, 3.8) is 0 Å². The van der Waals surface area contributed by atoms with E-state index in [9.17, 15) is 4.79 Å². The second kappa shape index (κ2) is 7.36. The highest BCUT2D eigenvalue weighted by Gasteiger charge is 2.35. The van der Waals surface area contributed by atoms with Gasteiger partial charge < -0.3 is 24.4 Å². The van der Waals surface area contributed by atoms with E-state index in [1.54, 1.807) is 0 Å². The van der Waals surface area contributed by atoms with Crippen LogP contribution >= 0.6 is 0 Å². The van der Waals surface area contributed by atoms with Gasteiger partial charge in [0.15, 0.2) is 0 Å². The van der Waals surface area contributed by atoms with E-state index in [0.29, 0.717) is 25.8 Å². The summed E-state index contributed by atoms with van der Waals surface area (Å²) in [6, 6.07) is 0.371. The normalized spacial score (nSPS) is 25.6. The van der Waals surface area contributed by atoms with E-state index in [1.165, 1.54) is 0 Å². The molecule has 134 valence electrons. The van der Waals surface area contributed by atoms with Crippen molar-refractivity contribution < 1.29 is 19.0 Å². The summed E-state index contributed by atoms with van der Waals surface area (Å²) < 4.78 is 16.4. The van der Waals surface area contributed by atoms with Crippen LogP contribution in [0.25, 0.3) is 0 Å². The Morgan fingerprint density at radius 2 is 2.09 bits per heavy atom. The molecule has 6 nitrogen and oxygen atoms in total. The minimum Gasteiger partial charge on any atom is -0.444 e. The molecule has 0 aromatic rings. The summed E-state index contributed by atoms with van der Waals surface area (Å²) in [5.74, 6) is 0. The van der Waals surface area contributed by atoms with Gasteiger partial charge in [-0.2, -0.15) is 0 Å². The topological polar surface area (TPSA) is 60.0 Å². The van der Waals surface area contributed by atoms with E-state index < -0.39 is 5.60 Å². The average Bonchev–Trinajstić information content (AvgIpc) is 2.42. The number of carbonyl (C=O) groups is 1. The van der Waals surface area contributed by atoms with Crippen LogP contribution in [0.4, 0.5) is 4.79 Å². The summed E-state index contributed by atoms with van der Waals surface area (Å²) in [5.41, 5.74) is -0.217. The highest BCUT2D eigenvalue weighted by atomic mass is 16.6. The Hall–Kier alpha value is -0.850. The van der Waals surface area contributed by atoms with Gasteiger partial charge in [0.25, 0.3) is 0 Å². The van der Waals surface area contributed by atoms with E-state index >= 15 is 0 Å². The van der Waals surface area contributed by atoms with Gasteiger partial charge in [0.2, 0.25) is 0 Å². The molecule has 6 heteroatoms. The van der Waals surface area contributed by atoms with E-state index in [0.717, 1.165) is 26.2 Å². The third kappa shape index (κ3) is 5.62. The number of amides is 1. The Morgan fingerprint density at radius 3 is 2.65 bits per heavy atom. The first-order chi connectivity index (χ1) is 10.7. The van der Waals surface area contributed by atoms with Crippen LogP contribution in [0.5, 0.6) is 0 Å². The molecule has 0 aromatic carbocycles. The number of rotatable bonds is 5. The third-order valence-electron chi connectivity index (χ3n) is 4.26. The summed E-state index contributed by atoms with van der Waals surface area (Å²) >= 11 is 0. The first-order valence-electron chi connectivity index (χ1n) is 8.57. The maximum atomic E-state index is 12.4. The molecule has 2 aliphatic rings. The van der Waals surface area contributed by atoms with Gasteiger partial charge in [-0.1, -0.05) is 6.92 Å². The smallest absolute Gasteiger partial charge is 0.410 e. The summed E-state index contributed by atoms with van der Waals surface area (Å²) in [6.45, 7) is 14.4. The predicted molar refractivity (Wildman–Crippen MR) is 88.6 cm³/mol. The third-order valence-corrected chi connectivity index (χ3v) is 4.26. The number of nitrogens with one attached hydrogen (secondary N) is 1. The molecule has 2 atom stereocenters. The largest absolute Gasteiger partial charge is 0.444 e. The molecule has 2 rings (SSSR count). The van der Waals surface area contributed by atoms with Crippen LogP contribution in [-0.2, 0) is 14.2 Å². The highest BCUT2D eigenvalue weighted by Crippen LogP contribution is 2.25. The predicted octanol–water partition coefficient (Wildman–Crippen LogP) is 2.03. The van der Waals surface area contributed by atoms with Crippen molar-refractivity contribution in [2.75, 3.05) is 39.5 Å². The van der Waals surface area contributed by atoms with Gasteiger partial charge in [-0.3, -0.25) is 0 Å². The van der Waals surface area contributed by atoms with Gasteiger partial charge in [0, 0.05) is 24.5 Å². The molecule has 0 saturated carbocycles. The summed E-state index contributed by atoms with van der Waals surface area (Å²) in [4.78, 5) is 14.2. The molecular weight excluding hydrogens is 296 g/mol. The molecule has 2 fully saturated rings. The molecular formula is C17H32N2O4. The number of ether oxygens (including phenoxy) is 3. The Balaban J connectivity index is 1.83. The zero-order valence-electron chi connectivity index (χ0n) is 15.2. The van der Waals surface area contributed by atoms with Crippen LogP contribution < -0.4 is 5.32 Å². The maximum Gasteiger partial charge on any atom is 0.410 e. The quantitative estimate of drug-likeness (QED) is 0.837. The number of hydrogen-bond donors (Lipinski definition) is 1. The molecule has 2 unspecified atom stereocenters. The number of carbonyl (C=O) groups excluding carboxylic acids is 1. The van der Waals surface area contributed by atoms with Gasteiger partial charge >= 0.3 is 6.09 Å². The van der Waals surface area contributed by atoms with Crippen molar-refractivity contribution >= 4 is 6.09 Å². The Kier molecular flexibility index (Phi) is 5.92. The van der Waals surface area contributed by atoms with Gasteiger partial charge in [0.05, 0.1) is 32.5 Å². The maximum absolute atomic E-state index is 12.4. The zero-order valence-corrected chi connectivity index (χ0v) is 15.2. The van der Waals surface area contributed by atoms with Crippen molar-refractivity contribution in [2.24, 2.45) is 5.41 Å². The highest BCUT2D eigenvalue weighted by molar-refractivity contribution is 5.68. The number of hydrogen-bond acceptors (Lipinski definition) is 5. The minimum atomic E-state index is -0.470. The summed E-state index contributed by atoms with van der Waals surface area (Å²) in [5, 5.41) is 3.57. The van der Waals surface area contributed by atoms with E-state index in [1.807, 2.05) is 25.7 Å². The lowest BCUT2D eigenvalue weighted by molar-refractivity contribution is -0.100. The van der Waals surface area contributed by atoms with E-state index in [2.05, 4.69) is 19.2 Å². The van der Waals surface area contributed by atoms with Crippen LogP contribution in [0.3, 0.4) is 0 Å². The fourth-order valence-electron chi connectivity index (χ4n) is 2.88. The number of nitrogens with zero attached hydrogens (tertiary/aromatic N) is 1. The molecule has 0 radical (unpaired) electrons. The van der Waals surface area contributed by atoms with Gasteiger partial charge in [-0.15, -0.1) is 0 Å².